The van der Waals surface area contributed by atoms with E-state index in [1.165, 1.54) is 0 Å². The Balaban J connectivity index is 3.05. The highest BCUT2D eigenvalue weighted by molar-refractivity contribution is 5.72. The minimum absolute atomic E-state index is 0.316. The maximum atomic E-state index is 7.16. The van der Waals surface area contributed by atoms with Gasteiger partial charge in [-0.25, -0.2) is 0 Å². The Morgan fingerprint density at radius 1 is 1.30 bits per heavy atom. The maximum Gasteiger partial charge on any atom is 0.182 e. The molecule has 0 aliphatic carbocycles. The molecule has 0 rings (SSSR count). The third-order valence-corrected chi connectivity index (χ3v) is 0.996. The van der Waals surface area contributed by atoms with Gasteiger partial charge in [0.2, 0.25) is 0 Å². The number of hydrogen-bond donors (Lipinski definition) is 1. The van der Waals surface area contributed by atoms with E-state index >= 15 is 0 Å². The lowest BCUT2D eigenvalue weighted by Crippen LogP contribution is -2.06. The summed E-state index contributed by atoms with van der Waals surface area (Å²) in [5.41, 5.74) is 0. The Hall–Kier alpha value is -0.570. The zero-order valence-corrected chi connectivity index (χ0v) is 6.64. The van der Waals surface area contributed by atoms with E-state index < -0.39 is 0 Å². The van der Waals surface area contributed by atoms with Crippen LogP contribution in [0.1, 0.15) is 20.3 Å². The minimum Gasteiger partial charge on any atom is -0.481 e. The molecule has 0 unspecified atom stereocenters. The molecule has 60 valence electrons. The van der Waals surface area contributed by atoms with Crippen LogP contribution in [-0.2, 0) is 9.47 Å². The third kappa shape index (κ3) is 5.56. The van der Waals surface area contributed by atoms with Gasteiger partial charge in [0.05, 0.1) is 13.2 Å². The Kier molecular flexibility index (Phi) is 6.18. The van der Waals surface area contributed by atoms with Gasteiger partial charge in [-0.05, 0) is 13.8 Å². The molecular weight excluding hydrogens is 130 g/mol. The molecule has 0 bridgehead atoms. The van der Waals surface area contributed by atoms with Crippen molar-refractivity contribution in [2.75, 3.05) is 19.8 Å². The van der Waals surface area contributed by atoms with Crippen LogP contribution in [0.5, 0.6) is 0 Å². The summed E-state index contributed by atoms with van der Waals surface area (Å²) in [6.45, 7) is 5.68. The van der Waals surface area contributed by atoms with Gasteiger partial charge >= 0.3 is 0 Å². The molecule has 3 nitrogen and oxygen atoms in total. The lowest BCUT2D eigenvalue weighted by molar-refractivity contribution is 0.149. The lowest BCUT2D eigenvalue weighted by atomic mass is 10.4. The van der Waals surface area contributed by atoms with E-state index in [-0.39, 0.29) is 0 Å². The van der Waals surface area contributed by atoms with Gasteiger partial charge in [-0.2, -0.15) is 0 Å². The molecule has 0 radical (unpaired) electrons. The second kappa shape index (κ2) is 6.55. The Morgan fingerprint density at radius 3 is 2.50 bits per heavy atom. The van der Waals surface area contributed by atoms with Crippen molar-refractivity contribution in [3.8, 4) is 0 Å². The van der Waals surface area contributed by atoms with Crippen LogP contribution in [0.3, 0.4) is 0 Å². The summed E-state index contributed by atoms with van der Waals surface area (Å²) in [6, 6.07) is 0. The van der Waals surface area contributed by atoms with E-state index in [0.717, 1.165) is 0 Å². The van der Waals surface area contributed by atoms with Crippen molar-refractivity contribution in [1.29, 1.82) is 5.41 Å². The molecule has 1 N–H and O–H groups in total. The first-order valence-corrected chi connectivity index (χ1v) is 3.59. The van der Waals surface area contributed by atoms with Gasteiger partial charge in [0.15, 0.2) is 5.90 Å². The van der Waals surface area contributed by atoms with Gasteiger partial charge in [0.1, 0.15) is 0 Å². The molecule has 0 saturated heterocycles. The average Bonchev–Trinajstić information content (AvgIpc) is 1.89. The molecule has 0 spiro atoms. The van der Waals surface area contributed by atoms with Crippen molar-refractivity contribution in [3.05, 3.63) is 0 Å². The topological polar surface area (TPSA) is 42.3 Å². The maximum absolute atomic E-state index is 7.16. The number of ether oxygens (including phenoxy) is 2. The summed E-state index contributed by atoms with van der Waals surface area (Å²) in [7, 11) is 0. The first kappa shape index (κ1) is 9.43. The van der Waals surface area contributed by atoms with Gasteiger partial charge in [0, 0.05) is 13.0 Å². The molecule has 0 amide bonds. The first-order chi connectivity index (χ1) is 4.81. The molecule has 0 aromatic rings. The first-order valence-electron chi connectivity index (χ1n) is 3.59. The molecule has 0 aromatic carbocycles. The van der Waals surface area contributed by atoms with Crippen LogP contribution in [0.15, 0.2) is 0 Å². The predicted octanol–water partition coefficient (Wildman–Crippen LogP) is 1.43. The predicted molar refractivity (Wildman–Crippen MR) is 40.5 cm³/mol. The lowest BCUT2D eigenvalue weighted by Gasteiger charge is -2.03. The van der Waals surface area contributed by atoms with E-state index in [9.17, 15) is 0 Å². The molecule has 0 fully saturated rings. The van der Waals surface area contributed by atoms with E-state index in [1.54, 1.807) is 0 Å². The van der Waals surface area contributed by atoms with Crippen molar-refractivity contribution in [1.82, 2.24) is 0 Å². The normalized spacial score (nSPS) is 9.40. The van der Waals surface area contributed by atoms with Crippen molar-refractivity contribution >= 4 is 5.90 Å². The Bertz CT molecular complexity index is 93.6. The number of rotatable bonds is 5. The average molecular weight is 145 g/mol. The monoisotopic (exact) mass is 145 g/mol. The molecule has 10 heavy (non-hydrogen) atoms. The van der Waals surface area contributed by atoms with E-state index in [2.05, 4.69) is 0 Å². The fraction of sp³-hybridized carbons (Fsp3) is 0.857. The third-order valence-electron chi connectivity index (χ3n) is 0.996. The molecule has 0 aliphatic rings. The van der Waals surface area contributed by atoms with Crippen molar-refractivity contribution in [3.63, 3.8) is 0 Å². The van der Waals surface area contributed by atoms with Gasteiger partial charge in [0.25, 0.3) is 0 Å². The van der Waals surface area contributed by atoms with Crippen molar-refractivity contribution in [2.24, 2.45) is 0 Å². The SMILES string of the molecule is CCOCCC(=N)OCC. The van der Waals surface area contributed by atoms with Crippen LogP contribution in [0.4, 0.5) is 0 Å². The summed E-state index contributed by atoms with van der Waals surface area (Å²) in [5, 5.41) is 7.16. The fourth-order valence-electron chi connectivity index (χ4n) is 0.556. The van der Waals surface area contributed by atoms with Crippen LogP contribution < -0.4 is 0 Å². The highest BCUT2D eigenvalue weighted by Gasteiger charge is 1.94. The quantitative estimate of drug-likeness (QED) is 0.361. The van der Waals surface area contributed by atoms with Gasteiger partial charge in [-0.1, -0.05) is 0 Å². The molecular formula is C7H15NO2. The van der Waals surface area contributed by atoms with Crippen LogP contribution in [-0.4, -0.2) is 25.7 Å². The zero-order chi connectivity index (χ0) is 7.82. The summed E-state index contributed by atoms with van der Waals surface area (Å²) in [5.74, 6) is 0.316. The molecule has 0 aromatic heterocycles. The van der Waals surface area contributed by atoms with Gasteiger partial charge < -0.3 is 9.47 Å². The zero-order valence-electron chi connectivity index (χ0n) is 6.64. The van der Waals surface area contributed by atoms with Crippen LogP contribution in [0.2, 0.25) is 0 Å². The summed E-state index contributed by atoms with van der Waals surface area (Å²) >= 11 is 0. The van der Waals surface area contributed by atoms with Crippen LogP contribution in [0.25, 0.3) is 0 Å². The largest absolute Gasteiger partial charge is 0.481 e. The summed E-state index contributed by atoms with van der Waals surface area (Å²) in [6.07, 6.45) is 0.585. The van der Waals surface area contributed by atoms with Gasteiger partial charge in [-0.3, -0.25) is 5.41 Å². The van der Waals surface area contributed by atoms with Crippen molar-refractivity contribution < 1.29 is 9.47 Å². The Morgan fingerprint density at radius 2 is 2.00 bits per heavy atom. The van der Waals surface area contributed by atoms with E-state index in [4.69, 9.17) is 14.9 Å². The fourth-order valence-corrected chi connectivity index (χ4v) is 0.556. The summed E-state index contributed by atoms with van der Waals surface area (Å²) in [4.78, 5) is 0. The highest BCUT2D eigenvalue weighted by atomic mass is 16.5. The number of hydrogen-bond acceptors (Lipinski definition) is 3. The van der Waals surface area contributed by atoms with Crippen LogP contribution in [0, 0.1) is 5.41 Å². The summed E-state index contributed by atoms with van der Waals surface area (Å²) < 4.78 is 9.92. The molecule has 0 aliphatic heterocycles. The molecule has 0 saturated carbocycles. The Labute approximate surface area is 61.8 Å². The van der Waals surface area contributed by atoms with Gasteiger partial charge in [-0.15, -0.1) is 0 Å². The second-order valence-electron chi connectivity index (χ2n) is 1.80. The van der Waals surface area contributed by atoms with E-state index in [0.29, 0.717) is 32.1 Å². The smallest absolute Gasteiger partial charge is 0.182 e. The standard InChI is InChI=1S/C7H15NO2/c1-3-9-6-5-7(8)10-4-2/h8H,3-6H2,1-2H3. The highest BCUT2D eigenvalue weighted by Crippen LogP contribution is 1.87. The minimum atomic E-state index is 0.316. The van der Waals surface area contributed by atoms with Crippen LogP contribution >= 0.6 is 0 Å². The molecule has 0 heterocycles. The van der Waals surface area contributed by atoms with E-state index in [1.807, 2.05) is 13.8 Å². The van der Waals surface area contributed by atoms with Crippen molar-refractivity contribution in [2.45, 2.75) is 20.3 Å². The number of nitrogens with one attached hydrogen (secondary N) is 1. The molecule has 0 atom stereocenters. The molecule has 3 heteroatoms. The second-order valence-corrected chi connectivity index (χ2v) is 1.80.